The zero-order valence-corrected chi connectivity index (χ0v) is 11.7. The number of piperidine rings is 1. The minimum Gasteiger partial charge on any atom is -0.309 e. The number of nitrogens with one attached hydrogen (secondary N) is 1. The van der Waals surface area contributed by atoms with Gasteiger partial charge in [-0.3, -0.25) is 0 Å². The van der Waals surface area contributed by atoms with Crippen LogP contribution >= 0.6 is 27.3 Å². The Kier molecular flexibility index (Phi) is 3.34. The summed E-state index contributed by atoms with van der Waals surface area (Å²) in [5.41, 5.74) is 0. The molecule has 3 rings (SSSR count). The van der Waals surface area contributed by atoms with Gasteiger partial charge in [0.1, 0.15) is 0 Å². The summed E-state index contributed by atoms with van der Waals surface area (Å²) in [6.07, 6.45) is 2.73. The highest BCUT2D eigenvalue weighted by molar-refractivity contribution is 9.11. The van der Waals surface area contributed by atoms with Gasteiger partial charge in [0, 0.05) is 24.0 Å². The fourth-order valence-corrected chi connectivity index (χ4v) is 4.33. The molecule has 1 aromatic rings. The van der Waals surface area contributed by atoms with Crippen LogP contribution in [0.2, 0.25) is 0 Å². The van der Waals surface area contributed by atoms with E-state index < -0.39 is 0 Å². The summed E-state index contributed by atoms with van der Waals surface area (Å²) < 4.78 is 1.24. The largest absolute Gasteiger partial charge is 0.309 e. The molecule has 0 aromatic carbocycles. The molecule has 16 heavy (non-hydrogen) atoms. The van der Waals surface area contributed by atoms with Crippen molar-refractivity contribution in [1.82, 2.24) is 10.2 Å². The maximum absolute atomic E-state index is 3.74. The standard InChI is InChI=1S/C12H17BrN2S/c13-12-2-1-10(16-12)7-14-11-4-6-15-5-3-9(11)8-15/h1-2,9,11,14H,3-8H2. The summed E-state index contributed by atoms with van der Waals surface area (Å²) in [4.78, 5) is 4.04. The Morgan fingerprint density at radius 3 is 3.06 bits per heavy atom. The van der Waals surface area contributed by atoms with Gasteiger partial charge in [-0.25, -0.2) is 0 Å². The number of thiophene rings is 1. The van der Waals surface area contributed by atoms with Gasteiger partial charge in [-0.2, -0.15) is 0 Å². The minimum absolute atomic E-state index is 0.750. The van der Waals surface area contributed by atoms with E-state index >= 15 is 0 Å². The lowest BCUT2D eigenvalue weighted by Gasteiger charge is -2.31. The summed E-state index contributed by atoms with van der Waals surface area (Å²) in [7, 11) is 0. The van der Waals surface area contributed by atoms with Crippen molar-refractivity contribution >= 4 is 27.3 Å². The van der Waals surface area contributed by atoms with Crippen LogP contribution in [0, 0.1) is 5.92 Å². The second kappa shape index (κ2) is 4.77. The topological polar surface area (TPSA) is 15.3 Å². The normalized spacial score (nSPS) is 33.2. The summed E-state index contributed by atoms with van der Waals surface area (Å²) in [6.45, 7) is 4.99. The average Bonchev–Trinajstić information content (AvgIpc) is 2.86. The second-order valence-electron chi connectivity index (χ2n) is 4.83. The lowest BCUT2D eigenvalue weighted by atomic mass is 9.94. The molecule has 2 saturated heterocycles. The Bertz CT molecular complexity index is 366. The van der Waals surface area contributed by atoms with E-state index in [2.05, 4.69) is 38.3 Å². The first-order valence-corrected chi connectivity index (χ1v) is 7.62. The number of nitrogens with zero attached hydrogens (tertiary/aromatic N) is 1. The molecule has 1 aromatic heterocycles. The van der Waals surface area contributed by atoms with Gasteiger partial charge in [0.25, 0.3) is 0 Å². The minimum atomic E-state index is 0.750. The summed E-state index contributed by atoms with van der Waals surface area (Å²) in [5.74, 6) is 0.900. The Morgan fingerprint density at radius 2 is 2.25 bits per heavy atom. The second-order valence-corrected chi connectivity index (χ2v) is 7.38. The van der Waals surface area contributed by atoms with E-state index in [-0.39, 0.29) is 0 Å². The molecule has 0 amide bonds. The third-order valence-corrected chi connectivity index (χ3v) is 5.43. The number of halogens is 1. The van der Waals surface area contributed by atoms with E-state index in [1.807, 2.05) is 11.3 Å². The maximum atomic E-state index is 3.74. The van der Waals surface area contributed by atoms with E-state index in [0.717, 1.165) is 18.5 Å². The van der Waals surface area contributed by atoms with E-state index in [1.165, 1.54) is 41.1 Å². The summed E-state index contributed by atoms with van der Waals surface area (Å²) in [5, 5.41) is 3.74. The molecule has 1 N–H and O–H groups in total. The zero-order valence-electron chi connectivity index (χ0n) is 9.29. The fraction of sp³-hybridized carbons (Fsp3) is 0.667. The molecule has 3 heterocycles. The molecule has 3 unspecified atom stereocenters. The lowest BCUT2D eigenvalue weighted by molar-refractivity contribution is 0.220. The van der Waals surface area contributed by atoms with Crippen molar-refractivity contribution in [3.8, 4) is 0 Å². The molecule has 2 nitrogen and oxygen atoms in total. The molecule has 2 fully saturated rings. The van der Waals surface area contributed by atoms with Gasteiger partial charge in [0.15, 0.2) is 0 Å². The monoisotopic (exact) mass is 300 g/mol. The Balaban J connectivity index is 1.55. The first-order chi connectivity index (χ1) is 7.81. The smallest absolute Gasteiger partial charge is 0.0701 e. The summed E-state index contributed by atoms with van der Waals surface area (Å²) in [6, 6.07) is 5.10. The number of hydrogen-bond acceptors (Lipinski definition) is 3. The molecule has 88 valence electrons. The van der Waals surface area contributed by atoms with Crippen molar-refractivity contribution < 1.29 is 0 Å². The van der Waals surface area contributed by atoms with Crippen LogP contribution < -0.4 is 5.32 Å². The molecule has 4 heteroatoms. The number of fused-ring (bicyclic) bond motifs is 2. The van der Waals surface area contributed by atoms with E-state index in [1.54, 1.807) is 0 Å². The number of rotatable bonds is 3. The first kappa shape index (κ1) is 11.2. The molecule has 2 aliphatic rings. The molecule has 0 radical (unpaired) electrons. The van der Waals surface area contributed by atoms with E-state index in [9.17, 15) is 0 Å². The van der Waals surface area contributed by atoms with E-state index in [4.69, 9.17) is 0 Å². The van der Waals surface area contributed by atoms with Gasteiger partial charge in [-0.15, -0.1) is 11.3 Å². The van der Waals surface area contributed by atoms with Crippen molar-refractivity contribution in [2.24, 2.45) is 5.92 Å². The van der Waals surface area contributed by atoms with Crippen LogP contribution in [-0.4, -0.2) is 30.6 Å². The van der Waals surface area contributed by atoms with Gasteiger partial charge in [0.2, 0.25) is 0 Å². The van der Waals surface area contributed by atoms with Crippen LogP contribution in [0.3, 0.4) is 0 Å². The van der Waals surface area contributed by atoms with Gasteiger partial charge in [-0.1, -0.05) is 0 Å². The molecule has 0 saturated carbocycles. The molecular weight excluding hydrogens is 284 g/mol. The third-order valence-electron chi connectivity index (χ3n) is 3.80. The molecule has 2 aliphatic heterocycles. The van der Waals surface area contributed by atoms with Gasteiger partial charge in [0.05, 0.1) is 3.79 Å². The van der Waals surface area contributed by atoms with Crippen molar-refractivity contribution in [1.29, 1.82) is 0 Å². The third kappa shape index (κ3) is 2.35. The highest BCUT2D eigenvalue weighted by Crippen LogP contribution is 2.28. The fourth-order valence-electron chi connectivity index (χ4n) is 2.90. The van der Waals surface area contributed by atoms with Gasteiger partial charge >= 0.3 is 0 Å². The van der Waals surface area contributed by atoms with Gasteiger partial charge in [-0.05, 0) is 59.9 Å². The van der Waals surface area contributed by atoms with Crippen LogP contribution in [0.15, 0.2) is 15.9 Å². The van der Waals surface area contributed by atoms with Crippen LogP contribution in [0.4, 0.5) is 0 Å². The Hall–Kier alpha value is 0.1000. The SMILES string of the molecule is Brc1ccc(CNC2CCN3CCC2C3)s1. The lowest BCUT2D eigenvalue weighted by Crippen LogP contribution is -2.43. The molecule has 0 aliphatic carbocycles. The molecule has 3 atom stereocenters. The molecule has 0 spiro atoms. The highest BCUT2D eigenvalue weighted by Gasteiger charge is 2.33. The van der Waals surface area contributed by atoms with Crippen LogP contribution in [0.25, 0.3) is 0 Å². The predicted octanol–water partition coefficient (Wildman–Crippen LogP) is 2.69. The highest BCUT2D eigenvalue weighted by atomic mass is 79.9. The molecule has 2 bridgehead atoms. The number of hydrogen-bond donors (Lipinski definition) is 1. The summed E-state index contributed by atoms with van der Waals surface area (Å²) >= 11 is 5.35. The average molecular weight is 301 g/mol. The van der Waals surface area contributed by atoms with Crippen molar-refractivity contribution in [2.45, 2.75) is 25.4 Å². The van der Waals surface area contributed by atoms with Crippen LogP contribution in [0.1, 0.15) is 17.7 Å². The maximum Gasteiger partial charge on any atom is 0.0701 e. The predicted molar refractivity (Wildman–Crippen MR) is 71.8 cm³/mol. The Morgan fingerprint density at radius 1 is 1.38 bits per heavy atom. The Labute approximate surface area is 109 Å². The van der Waals surface area contributed by atoms with Crippen LogP contribution in [0.5, 0.6) is 0 Å². The van der Waals surface area contributed by atoms with Crippen molar-refractivity contribution in [2.75, 3.05) is 19.6 Å². The van der Waals surface area contributed by atoms with Gasteiger partial charge < -0.3 is 10.2 Å². The quantitative estimate of drug-likeness (QED) is 0.923. The van der Waals surface area contributed by atoms with Crippen molar-refractivity contribution in [3.05, 3.63) is 20.8 Å². The first-order valence-electron chi connectivity index (χ1n) is 6.01. The van der Waals surface area contributed by atoms with Crippen molar-refractivity contribution in [3.63, 3.8) is 0 Å². The van der Waals surface area contributed by atoms with E-state index in [0.29, 0.717) is 0 Å². The van der Waals surface area contributed by atoms with Crippen LogP contribution in [-0.2, 0) is 6.54 Å². The molecular formula is C12H17BrN2S. The zero-order chi connectivity index (χ0) is 11.0.